The summed E-state index contributed by atoms with van der Waals surface area (Å²) < 4.78 is 17.2. The summed E-state index contributed by atoms with van der Waals surface area (Å²) in [4.78, 5) is 0. The molecule has 0 amide bonds. The number of ether oxygens (including phenoxy) is 2. The zero-order chi connectivity index (χ0) is 13.8. The van der Waals surface area contributed by atoms with Gasteiger partial charge in [-0.1, -0.05) is 18.2 Å². The van der Waals surface area contributed by atoms with Crippen molar-refractivity contribution in [3.05, 3.63) is 35.6 Å². The largest absolute Gasteiger partial charge is 0.458 e. The van der Waals surface area contributed by atoms with Gasteiger partial charge in [0.15, 0.2) is 0 Å². The molecule has 4 nitrogen and oxygen atoms in total. The van der Waals surface area contributed by atoms with Crippen LogP contribution in [0.1, 0.15) is 30.6 Å². The Morgan fingerprint density at radius 3 is 2.95 bits per heavy atom. The lowest BCUT2D eigenvalue weighted by atomic mass is 10.1. The van der Waals surface area contributed by atoms with E-state index in [1.807, 2.05) is 24.3 Å². The van der Waals surface area contributed by atoms with E-state index in [2.05, 4.69) is 0 Å². The lowest BCUT2D eigenvalue weighted by molar-refractivity contribution is -0.0471. The SMILES string of the molecule is NCc1c(COCC2CCCCO2)oc2ccccc12. The summed E-state index contributed by atoms with van der Waals surface area (Å²) in [5.41, 5.74) is 7.76. The highest BCUT2D eigenvalue weighted by Crippen LogP contribution is 2.26. The van der Waals surface area contributed by atoms with Crippen LogP contribution in [0, 0.1) is 0 Å². The summed E-state index contributed by atoms with van der Waals surface area (Å²) in [5, 5.41) is 1.09. The number of hydrogen-bond donors (Lipinski definition) is 1. The van der Waals surface area contributed by atoms with Crippen LogP contribution in [0.5, 0.6) is 0 Å². The molecule has 108 valence electrons. The number of para-hydroxylation sites is 1. The van der Waals surface area contributed by atoms with Gasteiger partial charge in [0.2, 0.25) is 0 Å². The van der Waals surface area contributed by atoms with E-state index in [1.165, 1.54) is 6.42 Å². The maximum atomic E-state index is 5.84. The molecule has 2 N–H and O–H groups in total. The highest BCUT2D eigenvalue weighted by molar-refractivity contribution is 5.82. The van der Waals surface area contributed by atoms with E-state index in [0.717, 1.165) is 41.7 Å². The van der Waals surface area contributed by atoms with Crippen molar-refractivity contribution in [3.8, 4) is 0 Å². The Morgan fingerprint density at radius 1 is 1.25 bits per heavy atom. The molecule has 0 aliphatic carbocycles. The monoisotopic (exact) mass is 275 g/mol. The first kappa shape index (κ1) is 13.6. The molecule has 1 unspecified atom stereocenters. The van der Waals surface area contributed by atoms with E-state index in [1.54, 1.807) is 0 Å². The highest BCUT2D eigenvalue weighted by Gasteiger charge is 2.16. The lowest BCUT2D eigenvalue weighted by Gasteiger charge is -2.22. The van der Waals surface area contributed by atoms with Gasteiger partial charge in [-0.05, 0) is 25.3 Å². The molecule has 0 bridgehead atoms. The van der Waals surface area contributed by atoms with Crippen molar-refractivity contribution >= 4 is 11.0 Å². The average Bonchev–Trinajstić information content (AvgIpc) is 2.86. The molecule has 0 radical (unpaired) electrons. The van der Waals surface area contributed by atoms with Crippen LogP contribution < -0.4 is 5.73 Å². The third-order valence-electron chi connectivity index (χ3n) is 3.80. The van der Waals surface area contributed by atoms with Crippen LogP contribution in [-0.4, -0.2) is 19.3 Å². The van der Waals surface area contributed by atoms with Crippen molar-refractivity contribution in [2.75, 3.05) is 13.2 Å². The normalized spacial score (nSPS) is 19.6. The topological polar surface area (TPSA) is 57.6 Å². The number of furan rings is 1. The summed E-state index contributed by atoms with van der Waals surface area (Å²) in [6.07, 6.45) is 3.71. The van der Waals surface area contributed by atoms with Crippen molar-refractivity contribution in [1.29, 1.82) is 0 Å². The molecule has 0 spiro atoms. The van der Waals surface area contributed by atoms with Gasteiger partial charge >= 0.3 is 0 Å². The van der Waals surface area contributed by atoms with Crippen LogP contribution in [0.2, 0.25) is 0 Å². The Balaban J connectivity index is 1.64. The van der Waals surface area contributed by atoms with Crippen LogP contribution in [-0.2, 0) is 22.6 Å². The molecular weight excluding hydrogens is 254 g/mol. The van der Waals surface area contributed by atoms with Gasteiger partial charge in [0, 0.05) is 24.1 Å². The molecular formula is C16H21NO3. The lowest BCUT2D eigenvalue weighted by Crippen LogP contribution is -2.24. The molecule has 1 atom stereocenters. The maximum absolute atomic E-state index is 5.84. The number of hydrogen-bond acceptors (Lipinski definition) is 4. The molecule has 1 saturated heterocycles. The molecule has 1 aliphatic heterocycles. The molecule has 1 aliphatic rings. The maximum Gasteiger partial charge on any atom is 0.135 e. The van der Waals surface area contributed by atoms with Gasteiger partial charge in [0.25, 0.3) is 0 Å². The third-order valence-corrected chi connectivity index (χ3v) is 3.80. The Hall–Kier alpha value is -1.36. The first-order valence-electron chi connectivity index (χ1n) is 7.27. The fourth-order valence-electron chi connectivity index (χ4n) is 2.71. The van der Waals surface area contributed by atoms with Crippen molar-refractivity contribution in [3.63, 3.8) is 0 Å². The van der Waals surface area contributed by atoms with E-state index in [4.69, 9.17) is 19.6 Å². The molecule has 2 heterocycles. The van der Waals surface area contributed by atoms with E-state index >= 15 is 0 Å². The Morgan fingerprint density at radius 2 is 2.15 bits per heavy atom. The van der Waals surface area contributed by atoms with Gasteiger partial charge in [-0.15, -0.1) is 0 Å². The molecule has 0 saturated carbocycles. The van der Waals surface area contributed by atoms with Crippen LogP contribution >= 0.6 is 0 Å². The Bertz CT molecular complexity index is 558. The number of nitrogens with two attached hydrogens (primary N) is 1. The third kappa shape index (κ3) is 2.87. The molecule has 1 fully saturated rings. The quantitative estimate of drug-likeness (QED) is 0.911. The van der Waals surface area contributed by atoms with Gasteiger partial charge in [0.05, 0.1) is 12.7 Å². The van der Waals surface area contributed by atoms with Crippen LogP contribution in [0.25, 0.3) is 11.0 Å². The minimum atomic E-state index is 0.231. The zero-order valence-electron chi connectivity index (χ0n) is 11.6. The first-order valence-corrected chi connectivity index (χ1v) is 7.27. The summed E-state index contributed by atoms with van der Waals surface area (Å²) in [6.45, 7) is 2.41. The van der Waals surface area contributed by atoms with E-state index < -0.39 is 0 Å². The minimum absolute atomic E-state index is 0.231. The van der Waals surface area contributed by atoms with Crippen molar-refractivity contribution in [2.45, 2.75) is 38.5 Å². The summed E-state index contributed by atoms with van der Waals surface area (Å²) >= 11 is 0. The van der Waals surface area contributed by atoms with Gasteiger partial charge in [0.1, 0.15) is 18.0 Å². The van der Waals surface area contributed by atoms with E-state index in [9.17, 15) is 0 Å². The summed E-state index contributed by atoms with van der Waals surface area (Å²) in [7, 11) is 0. The number of fused-ring (bicyclic) bond motifs is 1. The molecule has 1 aromatic carbocycles. The summed E-state index contributed by atoms with van der Waals surface area (Å²) in [6, 6.07) is 7.96. The number of rotatable bonds is 5. The van der Waals surface area contributed by atoms with Crippen molar-refractivity contribution in [2.24, 2.45) is 5.73 Å². The molecule has 4 heteroatoms. The second-order valence-electron chi connectivity index (χ2n) is 5.21. The number of benzene rings is 1. The van der Waals surface area contributed by atoms with Crippen molar-refractivity contribution < 1.29 is 13.9 Å². The molecule has 3 rings (SSSR count). The smallest absolute Gasteiger partial charge is 0.135 e. The highest BCUT2D eigenvalue weighted by atomic mass is 16.5. The average molecular weight is 275 g/mol. The standard InChI is InChI=1S/C16H21NO3/c17-9-14-13-6-1-2-7-15(13)20-16(14)11-18-10-12-5-3-4-8-19-12/h1-2,6-7,12H,3-5,8-11,17H2. The van der Waals surface area contributed by atoms with Crippen LogP contribution in [0.3, 0.4) is 0 Å². The fraction of sp³-hybridized carbons (Fsp3) is 0.500. The Labute approximate surface area is 118 Å². The van der Waals surface area contributed by atoms with E-state index in [0.29, 0.717) is 19.8 Å². The second-order valence-corrected chi connectivity index (χ2v) is 5.21. The molecule has 20 heavy (non-hydrogen) atoms. The molecule has 1 aromatic heterocycles. The Kier molecular flexibility index (Phi) is 4.35. The second kappa shape index (κ2) is 6.39. The van der Waals surface area contributed by atoms with Gasteiger partial charge in [-0.2, -0.15) is 0 Å². The predicted octanol–water partition coefficient (Wildman–Crippen LogP) is 2.98. The predicted molar refractivity (Wildman–Crippen MR) is 77.4 cm³/mol. The zero-order valence-corrected chi connectivity index (χ0v) is 11.6. The molecule has 2 aromatic rings. The van der Waals surface area contributed by atoms with Gasteiger partial charge < -0.3 is 19.6 Å². The minimum Gasteiger partial charge on any atom is -0.458 e. The van der Waals surface area contributed by atoms with Crippen LogP contribution in [0.4, 0.5) is 0 Å². The van der Waals surface area contributed by atoms with E-state index in [-0.39, 0.29) is 6.10 Å². The summed E-state index contributed by atoms with van der Waals surface area (Å²) in [5.74, 6) is 0.838. The van der Waals surface area contributed by atoms with Gasteiger partial charge in [-0.25, -0.2) is 0 Å². The van der Waals surface area contributed by atoms with Gasteiger partial charge in [-0.3, -0.25) is 0 Å². The first-order chi connectivity index (χ1) is 9.88. The van der Waals surface area contributed by atoms with Crippen LogP contribution in [0.15, 0.2) is 28.7 Å². The fourth-order valence-corrected chi connectivity index (χ4v) is 2.71. The van der Waals surface area contributed by atoms with Crippen molar-refractivity contribution in [1.82, 2.24) is 0 Å².